The number of aromatic nitrogens is 2. The smallest absolute Gasteiger partial charge is 0.229 e. The molecule has 26 heavy (non-hydrogen) atoms. The summed E-state index contributed by atoms with van der Waals surface area (Å²) in [4.78, 5) is 12.5. The molecule has 1 aliphatic carbocycles. The molecule has 4 rings (SSSR count). The van der Waals surface area contributed by atoms with Crippen LogP contribution >= 0.6 is 15.9 Å². The number of aryl methyl sites for hydroxylation is 1. The van der Waals surface area contributed by atoms with Crippen LogP contribution in [0.5, 0.6) is 0 Å². The zero-order chi connectivity index (χ0) is 18.1. The van der Waals surface area contributed by atoms with Crippen LogP contribution in [0.3, 0.4) is 0 Å². The van der Waals surface area contributed by atoms with E-state index in [1.54, 1.807) is 0 Å². The first-order chi connectivity index (χ1) is 12.6. The van der Waals surface area contributed by atoms with E-state index in [-0.39, 0.29) is 11.8 Å². The standard InChI is InChI=1S/C21H20BrN3O/c1-14-7-9-15(10-8-14)12-25-13-19(22)20(24-25)23-21(26)18-11-17(18)16-5-3-2-4-6-16/h2-10,13,17-18H,11-12H2,1H3,(H,23,24,26)/t17-,18-/m0/s1. The van der Waals surface area contributed by atoms with Gasteiger partial charge in [0.05, 0.1) is 11.0 Å². The zero-order valence-corrected chi connectivity index (χ0v) is 16.1. The van der Waals surface area contributed by atoms with Gasteiger partial charge in [-0.1, -0.05) is 60.2 Å². The second kappa shape index (κ2) is 7.08. The third kappa shape index (κ3) is 3.73. The molecule has 1 heterocycles. The SMILES string of the molecule is Cc1ccc(Cn2cc(Br)c(NC(=O)[C@H]3C[C@H]3c3ccccc3)n2)cc1. The van der Waals surface area contributed by atoms with Gasteiger partial charge in [-0.3, -0.25) is 9.48 Å². The van der Waals surface area contributed by atoms with Crippen molar-refractivity contribution in [2.24, 2.45) is 5.92 Å². The van der Waals surface area contributed by atoms with E-state index in [9.17, 15) is 4.79 Å². The third-order valence-corrected chi connectivity index (χ3v) is 5.36. The molecule has 4 nitrogen and oxygen atoms in total. The molecule has 1 N–H and O–H groups in total. The highest BCUT2D eigenvalue weighted by Gasteiger charge is 2.44. The van der Waals surface area contributed by atoms with Crippen LogP contribution < -0.4 is 5.32 Å². The Morgan fingerprint density at radius 1 is 1.19 bits per heavy atom. The third-order valence-electron chi connectivity index (χ3n) is 4.78. The lowest BCUT2D eigenvalue weighted by Crippen LogP contribution is -2.15. The summed E-state index contributed by atoms with van der Waals surface area (Å²) in [6.45, 7) is 2.74. The molecule has 0 unspecified atom stereocenters. The van der Waals surface area contributed by atoms with E-state index in [1.807, 2.05) is 29.1 Å². The molecular formula is C21H20BrN3O. The topological polar surface area (TPSA) is 46.9 Å². The van der Waals surface area contributed by atoms with Crippen molar-refractivity contribution in [3.63, 3.8) is 0 Å². The molecule has 1 aromatic heterocycles. The van der Waals surface area contributed by atoms with Gasteiger partial charge in [0.25, 0.3) is 0 Å². The minimum atomic E-state index is 0.0338. The summed E-state index contributed by atoms with van der Waals surface area (Å²) in [7, 11) is 0. The average molecular weight is 410 g/mol. The molecule has 0 bridgehead atoms. The molecule has 2 atom stereocenters. The van der Waals surface area contributed by atoms with Crippen molar-refractivity contribution in [3.8, 4) is 0 Å². The Labute approximate surface area is 161 Å². The molecule has 0 aliphatic heterocycles. The average Bonchev–Trinajstić information content (AvgIpc) is 3.38. The van der Waals surface area contributed by atoms with Crippen LogP contribution in [-0.4, -0.2) is 15.7 Å². The lowest BCUT2D eigenvalue weighted by molar-refractivity contribution is -0.117. The molecule has 1 saturated carbocycles. The van der Waals surface area contributed by atoms with Crippen molar-refractivity contribution in [1.82, 2.24) is 9.78 Å². The number of nitrogens with zero attached hydrogens (tertiary/aromatic N) is 2. The zero-order valence-electron chi connectivity index (χ0n) is 14.5. The number of anilines is 1. The second-order valence-corrected chi connectivity index (χ2v) is 7.71. The van der Waals surface area contributed by atoms with Crippen molar-refractivity contribution < 1.29 is 4.79 Å². The summed E-state index contributed by atoms with van der Waals surface area (Å²) in [5.74, 6) is 0.983. The highest BCUT2D eigenvalue weighted by molar-refractivity contribution is 9.10. The number of benzene rings is 2. The minimum absolute atomic E-state index is 0.0338. The van der Waals surface area contributed by atoms with Gasteiger partial charge in [0, 0.05) is 12.1 Å². The number of carbonyl (C=O) groups excluding carboxylic acids is 1. The molecule has 0 saturated heterocycles. The van der Waals surface area contributed by atoms with E-state index in [0.29, 0.717) is 18.3 Å². The van der Waals surface area contributed by atoms with E-state index >= 15 is 0 Å². The van der Waals surface area contributed by atoms with Crippen molar-refractivity contribution in [3.05, 3.63) is 82.0 Å². The monoisotopic (exact) mass is 409 g/mol. The number of hydrogen-bond donors (Lipinski definition) is 1. The lowest BCUT2D eigenvalue weighted by Gasteiger charge is -2.04. The van der Waals surface area contributed by atoms with E-state index in [1.165, 1.54) is 16.7 Å². The van der Waals surface area contributed by atoms with Gasteiger partial charge in [-0.15, -0.1) is 0 Å². The lowest BCUT2D eigenvalue weighted by atomic mass is 10.1. The summed E-state index contributed by atoms with van der Waals surface area (Å²) in [6, 6.07) is 18.6. The molecule has 1 fully saturated rings. The largest absolute Gasteiger partial charge is 0.308 e. The van der Waals surface area contributed by atoms with Crippen molar-refractivity contribution in [2.75, 3.05) is 5.32 Å². The summed E-state index contributed by atoms with van der Waals surface area (Å²) in [5.41, 5.74) is 3.65. The van der Waals surface area contributed by atoms with Gasteiger partial charge in [0.2, 0.25) is 5.91 Å². The first kappa shape index (κ1) is 17.0. The molecular weight excluding hydrogens is 390 g/mol. The Hall–Kier alpha value is -2.40. The predicted octanol–water partition coefficient (Wildman–Crippen LogP) is 4.74. The van der Waals surface area contributed by atoms with Gasteiger partial charge in [0.1, 0.15) is 0 Å². The molecule has 0 radical (unpaired) electrons. The fraction of sp³-hybridized carbons (Fsp3) is 0.238. The van der Waals surface area contributed by atoms with Gasteiger partial charge in [-0.25, -0.2) is 0 Å². The number of carbonyl (C=O) groups is 1. The number of amides is 1. The number of halogens is 1. The fourth-order valence-corrected chi connectivity index (χ4v) is 3.62. The van der Waals surface area contributed by atoms with Crippen LogP contribution in [0.1, 0.15) is 29.0 Å². The second-order valence-electron chi connectivity index (χ2n) is 6.86. The number of rotatable bonds is 5. The van der Waals surface area contributed by atoms with Crippen molar-refractivity contribution >= 4 is 27.7 Å². The Kier molecular flexibility index (Phi) is 4.64. The Morgan fingerprint density at radius 3 is 2.65 bits per heavy atom. The van der Waals surface area contributed by atoms with Gasteiger partial charge >= 0.3 is 0 Å². The fourth-order valence-electron chi connectivity index (χ4n) is 3.21. The molecule has 1 amide bonds. The molecule has 5 heteroatoms. The van der Waals surface area contributed by atoms with Crippen LogP contribution in [0.2, 0.25) is 0 Å². The van der Waals surface area contributed by atoms with Crippen LogP contribution in [0, 0.1) is 12.8 Å². The molecule has 2 aromatic carbocycles. The van der Waals surface area contributed by atoms with Gasteiger partial charge in [-0.2, -0.15) is 5.10 Å². The minimum Gasteiger partial charge on any atom is -0.308 e. The van der Waals surface area contributed by atoms with E-state index in [0.717, 1.165) is 10.9 Å². The maximum absolute atomic E-state index is 12.5. The highest BCUT2D eigenvalue weighted by Crippen LogP contribution is 2.48. The number of hydrogen-bond acceptors (Lipinski definition) is 2. The highest BCUT2D eigenvalue weighted by atomic mass is 79.9. The van der Waals surface area contributed by atoms with Crippen molar-refractivity contribution in [2.45, 2.75) is 25.8 Å². The normalized spacial score (nSPS) is 18.5. The first-order valence-electron chi connectivity index (χ1n) is 8.74. The van der Waals surface area contributed by atoms with Gasteiger partial charge in [0.15, 0.2) is 5.82 Å². The summed E-state index contributed by atoms with van der Waals surface area (Å²) >= 11 is 3.50. The van der Waals surface area contributed by atoms with E-state index in [2.05, 4.69) is 69.7 Å². The maximum Gasteiger partial charge on any atom is 0.229 e. The molecule has 0 spiro atoms. The molecule has 3 aromatic rings. The number of nitrogens with one attached hydrogen (secondary N) is 1. The maximum atomic E-state index is 12.5. The quantitative estimate of drug-likeness (QED) is 0.660. The molecule has 1 aliphatic rings. The summed E-state index contributed by atoms with van der Waals surface area (Å²) < 4.78 is 2.64. The van der Waals surface area contributed by atoms with Crippen LogP contribution in [0.15, 0.2) is 65.3 Å². The Morgan fingerprint density at radius 2 is 1.92 bits per heavy atom. The van der Waals surface area contributed by atoms with Crippen LogP contribution in [-0.2, 0) is 11.3 Å². The Bertz CT molecular complexity index is 918. The van der Waals surface area contributed by atoms with Crippen LogP contribution in [0.25, 0.3) is 0 Å². The van der Waals surface area contributed by atoms with E-state index in [4.69, 9.17) is 0 Å². The van der Waals surface area contributed by atoms with Crippen LogP contribution in [0.4, 0.5) is 5.82 Å². The molecule has 132 valence electrons. The van der Waals surface area contributed by atoms with E-state index < -0.39 is 0 Å². The first-order valence-corrected chi connectivity index (χ1v) is 9.54. The van der Waals surface area contributed by atoms with Gasteiger partial charge in [-0.05, 0) is 46.3 Å². The summed E-state index contributed by atoms with van der Waals surface area (Å²) in [5, 5.41) is 7.48. The van der Waals surface area contributed by atoms with Gasteiger partial charge < -0.3 is 5.32 Å². The predicted molar refractivity (Wildman–Crippen MR) is 106 cm³/mol. The van der Waals surface area contributed by atoms with Crippen molar-refractivity contribution in [1.29, 1.82) is 0 Å². The Balaban J connectivity index is 1.40. The summed E-state index contributed by atoms with van der Waals surface area (Å²) in [6.07, 6.45) is 2.80.